The van der Waals surface area contributed by atoms with Gasteiger partial charge in [-0.25, -0.2) is 0 Å². The van der Waals surface area contributed by atoms with Gasteiger partial charge in [-0.3, -0.25) is 0 Å². The molecule has 6 heteroatoms. The molecule has 0 spiro atoms. The van der Waals surface area contributed by atoms with E-state index < -0.39 is 0 Å². The van der Waals surface area contributed by atoms with E-state index in [0.717, 1.165) is 42.6 Å². The van der Waals surface area contributed by atoms with Crippen molar-refractivity contribution in [2.24, 2.45) is 0 Å². The normalized spacial score (nSPS) is 18.1. The first-order valence-corrected chi connectivity index (χ1v) is 7.53. The average Bonchev–Trinajstić information content (AvgIpc) is 2.87. The first-order chi connectivity index (χ1) is 9.83. The van der Waals surface area contributed by atoms with Crippen LogP contribution in [0.5, 0.6) is 5.75 Å². The van der Waals surface area contributed by atoms with Crippen LogP contribution in [0, 0.1) is 0 Å². The van der Waals surface area contributed by atoms with E-state index in [2.05, 4.69) is 43.5 Å². The van der Waals surface area contributed by atoms with Crippen LogP contribution in [-0.2, 0) is 6.42 Å². The molecule has 0 saturated carbocycles. The van der Waals surface area contributed by atoms with Gasteiger partial charge in [0.2, 0.25) is 5.89 Å². The van der Waals surface area contributed by atoms with Crippen molar-refractivity contribution >= 4 is 15.9 Å². The Kier molecular flexibility index (Phi) is 4.32. The Hall–Kier alpha value is -1.40. The van der Waals surface area contributed by atoms with Crippen molar-refractivity contribution in [3.63, 3.8) is 0 Å². The molecule has 1 unspecified atom stereocenters. The molecule has 0 saturated heterocycles. The van der Waals surface area contributed by atoms with E-state index in [4.69, 9.17) is 9.26 Å². The van der Waals surface area contributed by atoms with E-state index in [0.29, 0.717) is 11.9 Å². The number of hydrogen-bond donors (Lipinski definition) is 1. The second-order valence-corrected chi connectivity index (χ2v) is 5.68. The van der Waals surface area contributed by atoms with Crippen LogP contribution in [0.15, 0.2) is 33.5 Å². The molecule has 0 amide bonds. The summed E-state index contributed by atoms with van der Waals surface area (Å²) in [5.41, 5.74) is 1.22. The maximum absolute atomic E-state index is 5.80. The third-order valence-corrected chi connectivity index (χ3v) is 3.88. The highest BCUT2D eigenvalue weighted by Gasteiger charge is 2.19. The smallest absolute Gasteiger partial charge is 0.227 e. The second-order valence-electron chi connectivity index (χ2n) is 4.76. The summed E-state index contributed by atoms with van der Waals surface area (Å²) in [5, 5.41) is 7.16. The number of rotatable bonds is 4. The molecule has 1 aromatic heterocycles. The summed E-state index contributed by atoms with van der Waals surface area (Å²) in [6.07, 6.45) is 4.29. The monoisotopic (exact) mass is 337 g/mol. The van der Waals surface area contributed by atoms with Gasteiger partial charge in [0.05, 0.1) is 6.61 Å². The highest BCUT2D eigenvalue weighted by Crippen LogP contribution is 2.33. The first-order valence-electron chi connectivity index (χ1n) is 6.74. The molecule has 3 rings (SSSR count). The zero-order valence-electron chi connectivity index (χ0n) is 11.0. The maximum atomic E-state index is 5.80. The summed E-state index contributed by atoms with van der Waals surface area (Å²) in [7, 11) is 0. The number of aromatic nitrogens is 2. The molecule has 0 radical (unpaired) electrons. The summed E-state index contributed by atoms with van der Waals surface area (Å²) in [6.45, 7) is 1.58. The SMILES string of the molecule is Brc1ccc2c(c1)OCCCC2NCCc1ncno1. The Morgan fingerprint density at radius 2 is 2.35 bits per heavy atom. The molecule has 0 aliphatic carbocycles. The summed E-state index contributed by atoms with van der Waals surface area (Å²) in [4.78, 5) is 4.02. The van der Waals surface area contributed by atoms with Gasteiger partial charge in [-0.05, 0) is 25.0 Å². The predicted molar refractivity (Wildman–Crippen MR) is 77.6 cm³/mol. The van der Waals surface area contributed by atoms with Crippen LogP contribution >= 0.6 is 15.9 Å². The van der Waals surface area contributed by atoms with Crippen LogP contribution in [-0.4, -0.2) is 23.3 Å². The van der Waals surface area contributed by atoms with Gasteiger partial charge in [0.1, 0.15) is 5.75 Å². The van der Waals surface area contributed by atoms with Gasteiger partial charge in [0.25, 0.3) is 0 Å². The van der Waals surface area contributed by atoms with Crippen LogP contribution in [0.4, 0.5) is 0 Å². The first kappa shape index (κ1) is 13.6. The van der Waals surface area contributed by atoms with Crippen LogP contribution in [0.1, 0.15) is 30.3 Å². The molecule has 20 heavy (non-hydrogen) atoms. The molecule has 1 atom stereocenters. The van der Waals surface area contributed by atoms with Gasteiger partial charge >= 0.3 is 0 Å². The molecule has 2 heterocycles. The van der Waals surface area contributed by atoms with E-state index in [-0.39, 0.29) is 0 Å². The topological polar surface area (TPSA) is 60.2 Å². The molecule has 5 nitrogen and oxygen atoms in total. The van der Waals surface area contributed by atoms with E-state index in [1.54, 1.807) is 0 Å². The van der Waals surface area contributed by atoms with Gasteiger partial charge in [0, 0.05) is 29.0 Å². The number of hydrogen-bond acceptors (Lipinski definition) is 5. The van der Waals surface area contributed by atoms with Crippen LogP contribution in [0.2, 0.25) is 0 Å². The zero-order chi connectivity index (χ0) is 13.8. The fraction of sp³-hybridized carbons (Fsp3) is 0.429. The molecule has 106 valence electrons. The Balaban J connectivity index is 1.67. The van der Waals surface area contributed by atoms with Crippen LogP contribution in [0.3, 0.4) is 0 Å². The van der Waals surface area contributed by atoms with Crippen molar-refractivity contribution in [3.8, 4) is 5.75 Å². The molecule has 1 aliphatic heterocycles. The molecule has 1 N–H and O–H groups in total. The number of nitrogens with zero attached hydrogens (tertiary/aromatic N) is 2. The Bertz CT molecular complexity index is 560. The lowest BCUT2D eigenvalue weighted by Gasteiger charge is -2.18. The van der Waals surface area contributed by atoms with Gasteiger partial charge in [0.15, 0.2) is 6.33 Å². The molecular weight excluding hydrogens is 322 g/mol. The standard InChI is InChI=1S/C14H16BrN3O2/c15-10-3-4-11-12(2-1-7-19-13(11)8-10)16-6-5-14-17-9-18-20-14/h3-4,8-9,12,16H,1-2,5-7H2. The Morgan fingerprint density at radius 3 is 3.20 bits per heavy atom. The minimum atomic E-state index is 0.309. The van der Waals surface area contributed by atoms with Crippen LogP contribution in [0.25, 0.3) is 0 Å². The number of halogens is 1. The quantitative estimate of drug-likeness (QED) is 0.929. The van der Waals surface area contributed by atoms with Gasteiger partial charge in [-0.2, -0.15) is 4.98 Å². The van der Waals surface area contributed by atoms with E-state index >= 15 is 0 Å². The number of nitrogens with one attached hydrogen (secondary N) is 1. The van der Waals surface area contributed by atoms with Crippen molar-refractivity contribution in [1.29, 1.82) is 0 Å². The molecule has 2 aromatic rings. The van der Waals surface area contributed by atoms with Gasteiger partial charge < -0.3 is 14.6 Å². The summed E-state index contributed by atoms with van der Waals surface area (Å²) >= 11 is 3.49. The van der Waals surface area contributed by atoms with Crippen molar-refractivity contribution in [2.75, 3.05) is 13.2 Å². The van der Waals surface area contributed by atoms with Crippen molar-refractivity contribution in [1.82, 2.24) is 15.5 Å². The third-order valence-electron chi connectivity index (χ3n) is 3.38. The largest absolute Gasteiger partial charge is 0.493 e. The van der Waals surface area contributed by atoms with Crippen molar-refractivity contribution < 1.29 is 9.26 Å². The number of fused-ring (bicyclic) bond motifs is 1. The van der Waals surface area contributed by atoms with E-state index in [9.17, 15) is 0 Å². The number of ether oxygens (including phenoxy) is 1. The third kappa shape index (κ3) is 3.19. The van der Waals surface area contributed by atoms with Crippen molar-refractivity contribution in [2.45, 2.75) is 25.3 Å². The molecule has 1 aliphatic rings. The molecule has 0 fully saturated rings. The fourth-order valence-electron chi connectivity index (χ4n) is 2.42. The maximum Gasteiger partial charge on any atom is 0.227 e. The molecule has 1 aromatic carbocycles. The molecule has 0 bridgehead atoms. The predicted octanol–water partition coefficient (Wildman–Crippen LogP) is 2.88. The van der Waals surface area contributed by atoms with Crippen LogP contribution < -0.4 is 10.1 Å². The fourth-order valence-corrected chi connectivity index (χ4v) is 2.76. The lowest BCUT2D eigenvalue weighted by atomic mass is 10.0. The van der Waals surface area contributed by atoms with Gasteiger partial charge in [-0.15, -0.1) is 0 Å². The van der Waals surface area contributed by atoms with Crippen molar-refractivity contribution in [3.05, 3.63) is 40.5 Å². The summed E-state index contributed by atoms with van der Waals surface area (Å²) in [6, 6.07) is 6.52. The zero-order valence-corrected chi connectivity index (χ0v) is 12.6. The lowest BCUT2D eigenvalue weighted by molar-refractivity contribution is 0.315. The lowest BCUT2D eigenvalue weighted by Crippen LogP contribution is -2.23. The minimum Gasteiger partial charge on any atom is -0.493 e. The summed E-state index contributed by atoms with van der Waals surface area (Å²) in [5.74, 6) is 1.63. The Morgan fingerprint density at radius 1 is 1.40 bits per heavy atom. The summed E-state index contributed by atoms with van der Waals surface area (Å²) < 4.78 is 11.8. The number of benzene rings is 1. The highest BCUT2D eigenvalue weighted by atomic mass is 79.9. The Labute approximate surface area is 125 Å². The second kappa shape index (κ2) is 6.37. The average molecular weight is 338 g/mol. The van der Waals surface area contributed by atoms with E-state index in [1.807, 2.05) is 6.07 Å². The molecular formula is C14H16BrN3O2. The highest BCUT2D eigenvalue weighted by molar-refractivity contribution is 9.10. The van der Waals surface area contributed by atoms with Gasteiger partial charge in [-0.1, -0.05) is 27.2 Å². The van der Waals surface area contributed by atoms with E-state index in [1.165, 1.54) is 11.9 Å². The minimum absolute atomic E-state index is 0.309.